The minimum Gasteiger partial charge on any atom is -0.394 e. The Morgan fingerprint density at radius 3 is 1.86 bits per heavy atom. The number of rotatable bonds is 14. The number of ether oxygens (including phenoxy) is 3. The Labute approximate surface area is 313 Å². The molecule has 4 aromatic rings. The number of nitrogen functional groups attached to an aromatic ring is 3. The van der Waals surface area contributed by atoms with Gasteiger partial charge in [-0.25, -0.2) is 33.7 Å². The lowest BCUT2D eigenvalue weighted by Gasteiger charge is -2.24. The lowest BCUT2D eigenvalue weighted by molar-refractivity contribution is -0.0615. The predicted molar refractivity (Wildman–Crippen MR) is 186 cm³/mol. The SMILES string of the molecule is Nc1ccn([C@H]2C[C@H](OP(=O)(O)OC[C@H]3O[C@@H](n4ccc(N)nc4=O)C[C@@H]3O)[C@@H](COP(=O)(O)O[C@H]3C[C@H](n4cnc5c(N)ncnc54)O[C@@H]3CO)O2)c(=O)n1. The zero-order chi connectivity index (χ0) is 39.9. The number of phosphoric acid groups is 2. The Hall–Kier alpha value is -4.27. The van der Waals surface area contributed by atoms with Gasteiger partial charge in [0.05, 0.1) is 32.3 Å². The first-order chi connectivity index (χ1) is 26.6. The number of nitrogens with zero attached hydrogens (tertiary/aromatic N) is 8. The zero-order valence-corrected chi connectivity index (χ0v) is 30.7. The molecule has 0 bridgehead atoms. The second kappa shape index (κ2) is 15.9. The van der Waals surface area contributed by atoms with Crippen molar-refractivity contribution in [3.63, 3.8) is 0 Å². The van der Waals surface area contributed by atoms with E-state index in [1.54, 1.807) is 0 Å². The van der Waals surface area contributed by atoms with Gasteiger partial charge in [-0.05, 0) is 12.1 Å². The molecule has 7 heterocycles. The molecule has 304 valence electrons. The largest absolute Gasteiger partial charge is 0.472 e. The summed E-state index contributed by atoms with van der Waals surface area (Å²) < 4.78 is 68.7. The summed E-state index contributed by atoms with van der Waals surface area (Å²) in [6.07, 6.45) is -5.78. The molecule has 4 aromatic heterocycles. The van der Waals surface area contributed by atoms with Crippen LogP contribution in [0.1, 0.15) is 37.9 Å². The van der Waals surface area contributed by atoms with Gasteiger partial charge in [-0.15, -0.1) is 0 Å². The van der Waals surface area contributed by atoms with Gasteiger partial charge < -0.3 is 51.4 Å². The van der Waals surface area contributed by atoms with Crippen molar-refractivity contribution in [3.8, 4) is 0 Å². The number of aliphatic hydroxyl groups excluding tert-OH is 2. The minimum absolute atomic E-state index is 0.0213. The molecule has 0 aromatic carbocycles. The van der Waals surface area contributed by atoms with Crippen molar-refractivity contribution in [2.75, 3.05) is 37.0 Å². The lowest BCUT2D eigenvalue weighted by atomic mass is 10.2. The highest BCUT2D eigenvalue weighted by Gasteiger charge is 2.46. The van der Waals surface area contributed by atoms with Crippen molar-refractivity contribution in [1.82, 2.24) is 38.6 Å². The summed E-state index contributed by atoms with van der Waals surface area (Å²) in [6, 6.07) is 2.66. The maximum atomic E-state index is 13.3. The molecular weight excluding hydrogens is 792 g/mol. The van der Waals surface area contributed by atoms with Crippen molar-refractivity contribution in [2.45, 2.75) is 74.6 Å². The van der Waals surface area contributed by atoms with Crippen LogP contribution in [0.3, 0.4) is 0 Å². The summed E-state index contributed by atoms with van der Waals surface area (Å²) in [6.45, 7) is -2.07. The summed E-state index contributed by atoms with van der Waals surface area (Å²) in [7, 11) is -10.0. The Bertz CT molecular complexity index is 2280. The van der Waals surface area contributed by atoms with E-state index in [0.29, 0.717) is 11.2 Å². The highest BCUT2D eigenvalue weighted by atomic mass is 31.2. The van der Waals surface area contributed by atoms with Crippen LogP contribution in [0, 0.1) is 0 Å². The number of phosphoric ester groups is 2. The van der Waals surface area contributed by atoms with Crippen LogP contribution in [-0.2, 0) is 41.4 Å². The van der Waals surface area contributed by atoms with E-state index in [1.807, 2.05) is 0 Å². The molecule has 26 nitrogen and oxygen atoms in total. The fourth-order valence-electron chi connectivity index (χ4n) is 6.42. The van der Waals surface area contributed by atoms with E-state index in [4.69, 9.17) is 49.5 Å². The Morgan fingerprint density at radius 2 is 1.27 bits per heavy atom. The lowest BCUT2D eigenvalue weighted by Crippen LogP contribution is -2.31. The highest BCUT2D eigenvalue weighted by Crippen LogP contribution is 2.52. The molecule has 3 fully saturated rings. The van der Waals surface area contributed by atoms with E-state index >= 15 is 0 Å². The molecule has 3 aliphatic rings. The molecule has 11 atom stereocenters. The van der Waals surface area contributed by atoms with Crippen molar-refractivity contribution in [1.29, 1.82) is 0 Å². The van der Waals surface area contributed by atoms with Gasteiger partial charge in [-0.3, -0.25) is 31.8 Å². The first kappa shape index (κ1) is 39.9. The van der Waals surface area contributed by atoms with E-state index in [2.05, 4.69) is 24.9 Å². The molecule has 2 unspecified atom stereocenters. The van der Waals surface area contributed by atoms with Gasteiger partial charge in [0, 0.05) is 31.7 Å². The van der Waals surface area contributed by atoms with Gasteiger partial charge in [0.1, 0.15) is 72.7 Å². The van der Waals surface area contributed by atoms with E-state index < -0.39 is 102 Å². The molecule has 3 saturated heterocycles. The third-order valence-electron chi connectivity index (χ3n) is 9.11. The van der Waals surface area contributed by atoms with E-state index in [1.165, 1.54) is 41.7 Å². The number of nitrogens with two attached hydrogens (primary N) is 3. The standard InChI is InChI=1S/C28H37N11O15P2/c29-19-1-3-37(27(42)35-19)21-5-13(41)17(51-21)9-48-55(44,45)54-15-7-22(38-4-2-20(30)36-28(38)43)52-18(15)10-49-56(46,47)53-14-6-23(50-16(14)8-40)39-12-34-24-25(31)32-11-33-26(24)39/h1-4,11-18,21-23,40-41H,5-10H2,(H,44,45)(H,46,47)(H2,29,35,42)(H2,30,36,43)(H2,31,32,33)/t13-,14-,15-,16+,17+,18+,21+,22+,23+/m0/s1. The molecule has 10 N–H and O–H groups in total. The van der Waals surface area contributed by atoms with Crippen LogP contribution in [0.5, 0.6) is 0 Å². The average Bonchev–Trinajstić information content (AvgIpc) is 3.92. The quantitative estimate of drug-likeness (QED) is 0.0697. The van der Waals surface area contributed by atoms with Crippen LogP contribution < -0.4 is 28.6 Å². The normalized spacial score (nSPS) is 30.1. The fourth-order valence-corrected chi connectivity index (χ4v) is 8.34. The Kier molecular flexibility index (Phi) is 11.4. The fraction of sp³-hybridized carbons (Fsp3) is 0.536. The predicted octanol–water partition coefficient (Wildman–Crippen LogP) is -1.69. The van der Waals surface area contributed by atoms with Crippen molar-refractivity contribution >= 4 is 44.3 Å². The number of fused-ring (bicyclic) bond motifs is 1. The van der Waals surface area contributed by atoms with Gasteiger partial charge in [-0.1, -0.05) is 0 Å². The Morgan fingerprint density at radius 1 is 0.750 bits per heavy atom. The topological polar surface area (TPSA) is 371 Å². The van der Waals surface area contributed by atoms with Crippen LogP contribution in [0.4, 0.5) is 17.5 Å². The summed E-state index contributed by atoms with van der Waals surface area (Å²) >= 11 is 0. The maximum absolute atomic E-state index is 13.3. The monoisotopic (exact) mass is 829 g/mol. The molecular formula is C28H37N11O15P2. The zero-order valence-electron chi connectivity index (χ0n) is 28.9. The van der Waals surface area contributed by atoms with Crippen LogP contribution in [-0.4, -0.2) is 115 Å². The molecule has 56 heavy (non-hydrogen) atoms. The molecule has 0 saturated carbocycles. The van der Waals surface area contributed by atoms with Gasteiger partial charge in [0.25, 0.3) is 0 Å². The van der Waals surface area contributed by atoms with Crippen molar-refractivity contribution in [2.24, 2.45) is 0 Å². The van der Waals surface area contributed by atoms with Crippen molar-refractivity contribution in [3.05, 3.63) is 58.1 Å². The molecule has 28 heteroatoms. The van der Waals surface area contributed by atoms with Crippen LogP contribution >= 0.6 is 15.6 Å². The van der Waals surface area contributed by atoms with E-state index in [9.17, 15) is 38.7 Å². The second-order valence-electron chi connectivity index (χ2n) is 12.8. The number of hydrogen-bond acceptors (Lipinski definition) is 21. The van der Waals surface area contributed by atoms with E-state index in [0.717, 1.165) is 9.13 Å². The van der Waals surface area contributed by atoms with Gasteiger partial charge in [0.2, 0.25) is 0 Å². The van der Waals surface area contributed by atoms with E-state index in [-0.39, 0.29) is 36.7 Å². The summed E-state index contributed by atoms with van der Waals surface area (Å²) in [4.78, 5) is 65.8. The minimum atomic E-state index is -5.03. The third kappa shape index (κ3) is 8.67. The third-order valence-corrected chi connectivity index (χ3v) is 11.1. The number of anilines is 3. The number of aliphatic hydroxyl groups is 2. The van der Waals surface area contributed by atoms with Crippen LogP contribution in [0.2, 0.25) is 0 Å². The van der Waals surface area contributed by atoms with Crippen molar-refractivity contribution < 1.29 is 61.4 Å². The molecule has 0 spiro atoms. The average molecular weight is 830 g/mol. The summed E-state index contributed by atoms with van der Waals surface area (Å²) in [5.41, 5.74) is 16.0. The molecule has 0 radical (unpaired) electrons. The first-order valence-corrected chi connectivity index (χ1v) is 19.8. The molecule has 0 amide bonds. The van der Waals surface area contributed by atoms with Crippen LogP contribution in [0.15, 0.2) is 46.8 Å². The number of aromatic nitrogens is 8. The highest BCUT2D eigenvalue weighted by molar-refractivity contribution is 7.47. The first-order valence-electron chi connectivity index (χ1n) is 16.8. The Balaban J connectivity index is 1.01. The molecule has 0 aliphatic carbocycles. The maximum Gasteiger partial charge on any atom is 0.472 e. The second-order valence-corrected chi connectivity index (χ2v) is 15.6. The number of imidazole rings is 1. The summed E-state index contributed by atoms with van der Waals surface area (Å²) in [5, 5.41) is 20.5. The van der Waals surface area contributed by atoms with Gasteiger partial charge >= 0.3 is 27.0 Å². The van der Waals surface area contributed by atoms with Gasteiger partial charge in [-0.2, -0.15) is 9.97 Å². The number of hydrogen-bond donors (Lipinski definition) is 7. The molecule has 7 rings (SSSR count). The van der Waals surface area contributed by atoms with Crippen LogP contribution in [0.25, 0.3) is 11.2 Å². The summed E-state index contributed by atoms with van der Waals surface area (Å²) in [5.74, 6) is 0.0126. The van der Waals surface area contributed by atoms with Gasteiger partial charge in [0.15, 0.2) is 11.5 Å². The molecule has 3 aliphatic heterocycles. The smallest absolute Gasteiger partial charge is 0.394 e.